The Balaban J connectivity index is 1.13. The average Bonchev–Trinajstić information content (AvgIpc) is 3.54. The lowest BCUT2D eigenvalue weighted by Crippen LogP contribution is -2.22. The van der Waals surface area contributed by atoms with E-state index in [-0.39, 0.29) is 10.8 Å². The van der Waals surface area contributed by atoms with Crippen LogP contribution in [0.2, 0.25) is 0 Å². The van der Waals surface area contributed by atoms with Crippen LogP contribution < -0.4 is 4.90 Å². The Morgan fingerprint density at radius 1 is 0.354 bits per heavy atom. The summed E-state index contributed by atoms with van der Waals surface area (Å²) in [6.45, 7) is 7.12. The summed E-state index contributed by atoms with van der Waals surface area (Å²) >= 11 is 0. The van der Waals surface area contributed by atoms with Gasteiger partial charge in [-0.1, -0.05) is 141 Å². The zero-order valence-corrected chi connectivity index (χ0v) is 27.6. The maximum Gasteiger partial charge on any atom is 0.0465 e. The van der Waals surface area contributed by atoms with Crippen LogP contribution >= 0.6 is 0 Å². The summed E-state index contributed by atoms with van der Waals surface area (Å²) in [5.74, 6) is 0. The van der Waals surface area contributed by atoms with Crippen molar-refractivity contribution >= 4 is 17.1 Å². The van der Waals surface area contributed by atoms with Crippen LogP contribution in [0, 0.1) is 0 Å². The molecule has 0 saturated carbocycles. The Bertz CT molecular complexity index is 2270. The molecule has 9 rings (SSSR count). The van der Waals surface area contributed by atoms with Gasteiger partial charge < -0.3 is 4.90 Å². The molecule has 2 aliphatic rings. The molecule has 0 fully saturated rings. The first-order valence-electron chi connectivity index (χ1n) is 16.9. The molecule has 0 spiro atoms. The lowest BCUT2D eigenvalue weighted by atomic mass is 9.74. The van der Waals surface area contributed by atoms with E-state index in [9.17, 15) is 0 Å². The van der Waals surface area contributed by atoms with Gasteiger partial charge in [0, 0.05) is 27.9 Å². The Hall–Kier alpha value is -5.66. The lowest BCUT2D eigenvalue weighted by Gasteiger charge is -2.31. The standard InChI is InChI=1S/C47H37N/c1-46(2)44-30-33(32-14-6-4-7-15-32)22-28-40(44)41-29-27-37(31-45(41)46)48(35-16-8-5-9-17-35)36-25-23-34(24-26-36)47(3)42-20-12-10-18-38(42)39-19-11-13-21-43(39)47/h4-31H,1-3H3. The molecule has 0 bridgehead atoms. The molecular weight excluding hydrogens is 579 g/mol. The minimum Gasteiger partial charge on any atom is -0.310 e. The van der Waals surface area contributed by atoms with Gasteiger partial charge in [-0.3, -0.25) is 0 Å². The highest BCUT2D eigenvalue weighted by Crippen LogP contribution is 2.54. The second-order valence-corrected chi connectivity index (χ2v) is 13.9. The van der Waals surface area contributed by atoms with Crippen LogP contribution in [0.5, 0.6) is 0 Å². The van der Waals surface area contributed by atoms with Gasteiger partial charge in [0.25, 0.3) is 0 Å². The third-order valence-electron chi connectivity index (χ3n) is 11.0. The molecule has 0 radical (unpaired) electrons. The number of para-hydroxylation sites is 1. The summed E-state index contributed by atoms with van der Waals surface area (Å²) in [7, 11) is 0. The second kappa shape index (κ2) is 10.7. The molecule has 1 nitrogen and oxygen atoms in total. The summed E-state index contributed by atoms with van der Waals surface area (Å²) in [4.78, 5) is 2.40. The van der Waals surface area contributed by atoms with Crippen LogP contribution in [0.3, 0.4) is 0 Å². The third-order valence-corrected chi connectivity index (χ3v) is 11.0. The Labute approximate surface area is 283 Å². The monoisotopic (exact) mass is 615 g/mol. The molecule has 230 valence electrons. The topological polar surface area (TPSA) is 3.24 Å². The molecule has 1 heteroatoms. The Kier molecular flexibility index (Phi) is 6.36. The molecule has 0 unspecified atom stereocenters. The minimum absolute atomic E-state index is 0.129. The van der Waals surface area contributed by atoms with Gasteiger partial charge in [0.05, 0.1) is 0 Å². The largest absolute Gasteiger partial charge is 0.310 e. The molecular formula is C47H37N. The number of anilines is 3. The van der Waals surface area contributed by atoms with Crippen molar-refractivity contribution in [3.8, 4) is 33.4 Å². The van der Waals surface area contributed by atoms with E-state index < -0.39 is 0 Å². The molecule has 0 heterocycles. The molecule has 7 aromatic carbocycles. The van der Waals surface area contributed by atoms with Crippen molar-refractivity contribution in [3.63, 3.8) is 0 Å². The maximum atomic E-state index is 2.42. The van der Waals surface area contributed by atoms with E-state index in [1.54, 1.807) is 0 Å². The van der Waals surface area contributed by atoms with Crippen molar-refractivity contribution in [2.45, 2.75) is 31.6 Å². The zero-order valence-electron chi connectivity index (χ0n) is 27.6. The summed E-state index contributed by atoms with van der Waals surface area (Å²) in [6.07, 6.45) is 0. The van der Waals surface area contributed by atoms with Crippen molar-refractivity contribution in [2.75, 3.05) is 4.90 Å². The van der Waals surface area contributed by atoms with Gasteiger partial charge in [-0.15, -0.1) is 0 Å². The second-order valence-electron chi connectivity index (χ2n) is 13.9. The quantitative estimate of drug-likeness (QED) is 0.186. The highest BCUT2D eigenvalue weighted by Gasteiger charge is 2.40. The number of nitrogens with zero attached hydrogens (tertiary/aromatic N) is 1. The molecule has 0 N–H and O–H groups in total. The summed E-state index contributed by atoms with van der Waals surface area (Å²) in [5, 5.41) is 0. The van der Waals surface area contributed by atoms with Gasteiger partial charge in [-0.05, 0) is 111 Å². The van der Waals surface area contributed by atoms with Crippen LogP contribution in [-0.2, 0) is 10.8 Å². The fraction of sp³-hybridized carbons (Fsp3) is 0.106. The van der Waals surface area contributed by atoms with Gasteiger partial charge in [0.2, 0.25) is 0 Å². The van der Waals surface area contributed by atoms with Crippen LogP contribution in [0.4, 0.5) is 17.1 Å². The van der Waals surface area contributed by atoms with Crippen molar-refractivity contribution in [1.82, 2.24) is 0 Å². The fourth-order valence-electron chi connectivity index (χ4n) is 8.41. The normalized spacial score (nSPS) is 14.5. The van der Waals surface area contributed by atoms with Crippen LogP contribution in [0.25, 0.3) is 33.4 Å². The first-order valence-corrected chi connectivity index (χ1v) is 16.9. The predicted octanol–water partition coefficient (Wildman–Crippen LogP) is 12.5. The Morgan fingerprint density at radius 3 is 1.48 bits per heavy atom. The SMILES string of the molecule is CC1(C)c2cc(-c3ccccc3)ccc2-c2ccc(N(c3ccccc3)c3ccc(C4(C)c5ccccc5-c5ccccc54)cc3)cc21. The Morgan fingerprint density at radius 2 is 0.833 bits per heavy atom. The van der Waals surface area contributed by atoms with Gasteiger partial charge in [-0.2, -0.15) is 0 Å². The first-order chi connectivity index (χ1) is 23.4. The average molecular weight is 616 g/mol. The number of rotatable bonds is 5. The van der Waals surface area contributed by atoms with E-state index in [1.807, 2.05) is 0 Å². The maximum absolute atomic E-state index is 2.42. The van der Waals surface area contributed by atoms with Gasteiger partial charge >= 0.3 is 0 Å². The number of hydrogen-bond acceptors (Lipinski definition) is 1. The predicted molar refractivity (Wildman–Crippen MR) is 202 cm³/mol. The number of benzene rings is 7. The first kappa shape index (κ1) is 28.6. The summed E-state index contributed by atoms with van der Waals surface area (Å²) in [6, 6.07) is 62.5. The smallest absolute Gasteiger partial charge is 0.0465 e. The minimum atomic E-state index is -0.217. The van der Waals surface area contributed by atoms with E-state index in [0.717, 1.165) is 11.4 Å². The third kappa shape index (κ3) is 4.17. The molecule has 0 aromatic heterocycles. The number of fused-ring (bicyclic) bond motifs is 6. The molecule has 0 saturated heterocycles. The van der Waals surface area contributed by atoms with E-state index in [2.05, 4.69) is 196 Å². The van der Waals surface area contributed by atoms with Crippen LogP contribution in [0.1, 0.15) is 48.6 Å². The molecule has 2 aliphatic carbocycles. The summed E-state index contributed by atoms with van der Waals surface area (Å²) < 4.78 is 0. The zero-order chi connectivity index (χ0) is 32.5. The van der Waals surface area contributed by atoms with E-state index >= 15 is 0 Å². The fourth-order valence-corrected chi connectivity index (χ4v) is 8.41. The lowest BCUT2D eigenvalue weighted by molar-refractivity contribution is 0.660. The highest BCUT2D eigenvalue weighted by atomic mass is 15.1. The van der Waals surface area contributed by atoms with E-state index in [4.69, 9.17) is 0 Å². The molecule has 0 amide bonds. The summed E-state index contributed by atoms with van der Waals surface area (Å²) in [5.41, 5.74) is 17.8. The van der Waals surface area contributed by atoms with Gasteiger partial charge in [-0.25, -0.2) is 0 Å². The van der Waals surface area contributed by atoms with E-state index in [1.165, 1.54) is 66.9 Å². The van der Waals surface area contributed by atoms with Crippen LogP contribution in [0.15, 0.2) is 170 Å². The van der Waals surface area contributed by atoms with Gasteiger partial charge in [0.1, 0.15) is 0 Å². The molecule has 0 atom stereocenters. The van der Waals surface area contributed by atoms with Crippen molar-refractivity contribution in [2.24, 2.45) is 0 Å². The molecule has 48 heavy (non-hydrogen) atoms. The highest BCUT2D eigenvalue weighted by molar-refractivity contribution is 5.88. The molecule has 7 aromatic rings. The van der Waals surface area contributed by atoms with E-state index in [0.29, 0.717) is 0 Å². The van der Waals surface area contributed by atoms with Gasteiger partial charge in [0.15, 0.2) is 0 Å². The number of hydrogen-bond donors (Lipinski definition) is 0. The van der Waals surface area contributed by atoms with Crippen molar-refractivity contribution < 1.29 is 0 Å². The van der Waals surface area contributed by atoms with Crippen molar-refractivity contribution in [1.29, 1.82) is 0 Å². The molecule has 0 aliphatic heterocycles. The van der Waals surface area contributed by atoms with Crippen molar-refractivity contribution in [3.05, 3.63) is 198 Å². The van der Waals surface area contributed by atoms with Crippen LogP contribution in [-0.4, -0.2) is 0 Å².